The number of hydrogen-bond donors (Lipinski definition) is 9. The summed E-state index contributed by atoms with van der Waals surface area (Å²) in [6.07, 6.45) is 12.1. The van der Waals surface area contributed by atoms with Crippen molar-refractivity contribution >= 4 is 35.7 Å². The average Bonchev–Trinajstić information content (AvgIpc) is 2.82. The minimum absolute atomic E-state index is 0.138. The molecule has 0 aliphatic heterocycles. The lowest BCUT2D eigenvalue weighted by atomic mass is 10.1. The van der Waals surface area contributed by atoms with Gasteiger partial charge in [-0.2, -0.15) is 29.9 Å². The molecule has 0 unspecified atom stereocenters. The van der Waals surface area contributed by atoms with Crippen LogP contribution in [-0.2, 0) is 0 Å². The summed E-state index contributed by atoms with van der Waals surface area (Å²) in [6.45, 7) is 1.61. The molecule has 0 saturated heterocycles. The van der Waals surface area contributed by atoms with Gasteiger partial charge < -0.3 is 33.6 Å². The fourth-order valence-corrected chi connectivity index (χ4v) is 3.44. The third-order valence-electron chi connectivity index (χ3n) is 5.19. The van der Waals surface area contributed by atoms with Gasteiger partial charge in [-0.1, -0.05) is 51.4 Å². The topological polar surface area (TPSA) is 304 Å². The van der Waals surface area contributed by atoms with Crippen LogP contribution in [0.5, 0.6) is 0 Å². The summed E-state index contributed by atoms with van der Waals surface area (Å²) in [5.74, 6) is 1.44. The zero-order valence-electron chi connectivity index (χ0n) is 21.7. The van der Waals surface area contributed by atoms with E-state index in [4.69, 9.17) is 22.9 Å². The Labute approximate surface area is 223 Å². The Balaban J connectivity index is 0.000000499. The molecule has 0 aliphatic rings. The molecule has 0 radical (unpaired) electrons. The van der Waals surface area contributed by atoms with E-state index in [0.29, 0.717) is 11.9 Å². The Kier molecular flexibility index (Phi) is 13.2. The molecular weight excluding hydrogens is 510 g/mol. The van der Waals surface area contributed by atoms with Crippen molar-refractivity contribution in [3.8, 4) is 0 Å². The minimum atomic E-state index is -0.802. The normalized spacial score (nSPS) is 10.5. The number of anilines is 6. The van der Waals surface area contributed by atoms with E-state index in [2.05, 4.69) is 40.5 Å². The van der Waals surface area contributed by atoms with E-state index in [-0.39, 0.29) is 23.8 Å². The fourth-order valence-electron chi connectivity index (χ4n) is 3.44. The van der Waals surface area contributed by atoms with Gasteiger partial charge in [0.25, 0.3) is 0 Å². The third kappa shape index (κ3) is 13.9. The van der Waals surface area contributed by atoms with Crippen molar-refractivity contribution in [3.05, 3.63) is 31.5 Å². The molecule has 18 nitrogen and oxygen atoms in total. The highest BCUT2D eigenvalue weighted by Gasteiger charge is 2.02. The van der Waals surface area contributed by atoms with Gasteiger partial charge in [-0.05, 0) is 12.8 Å². The summed E-state index contributed by atoms with van der Waals surface area (Å²) in [5.41, 5.74) is 19.7. The summed E-state index contributed by atoms with van der Waals surface area (Å²) in [6, 6.07) is 0. The summed E-state index contributed by atoms with van der Waals surface area (Å²) < 4.78 is 0. The molecule has 18 heteroatoms. The van der Waals surface area contributed by atoms with Gasteiger partial charge in [0.15, 0.2) is 0 Å². The molecular formula is C21H37N15O3. The second-order valence-electron chi connectivity index (χ2n) is 8.50. The summed E-state index contributed by atoms with van der Waals surface area (Å²) in [4.78, 5) is 59.4. The van der Waals surface area contributed by atoms with Crippen molar-refractivity contribution in [2.24, 2.45) is 0 Å². The van der Waals surface area contributed by atoms with Crippen LogP contribution in [0.1, 0.15) is 64.2 Å². The lowest BCUT2D eigenvalue weighted by molar-refractivity contribution is 0.557. The molecule has 0 aliphatic carbocycles. The third-order valence-corrected chi connectivity index (χ3v) is 5.19. The largest absolute Gasteiger partial charge is 0.368 e. The molecule has 0 saturated carbocycles. The molecule has 0 fully saturated rings. The molecule has 0 atom stereocenters. The minimum Gasteiger partial charge on any atom is -0.368 e. The van der Waals surface area contributed by atoms with E-state index in [1.165, 1.54) is 51.4 Å². The molecule has 0 spiro atoms. The van der Waals surface area contributed by atoms with Gasteiger partial charge in [0, 0.05) is 13.1 Å². The standard InChI is InChI=1S/C18H34N12.C3H3N3O3/c19-13-25-14(20)28-17(27-13)23-11-9-7-5-3-1-2-4-6-8-10-12-24-18-29-15(21)26-16(22)30-18;7-1-4-2(8)6-3(9)5-1/h1-12H2,(H5,19,20,23,25,27,28)(H5,21,22,24,26,29,30);(H3,4,5,6,7,8,9). The van der Waals surface area contributed by atoms with Gasteiger partial charge in [-0.15, -0.1) is 0 Å². The molecule has 0 amide bonds. The maximum absolute atomic E-state index is 10.2. The molecule has 3 aromatic rings. The summed E-state index contributed by atoms with van der Waals surface area (Å²) in [5, 5.41) is 6.25. The first kappa shape index (κ1) is 30.5. The van der Waals surface area contributed by atoms with E-state index in [9.17, 15) is 14.4 Å². The lowest BCUT2D eigenvalue weighted by Gasteiger charge is -2.06. The quantitative estimate of drug-likeness (QED) is 0.109. The molecule has 39 heavy (non-hydrogen) atoms. The summed E-state index contributed by atoms with van der Waals surface area (Å²) in [7, 11) is 0. The van der Waals surface area contributed by atoms with Crippen molar-refractivity contribution < 1.29 is 0 Å². The van der Waals surface area contributed by atoms with E-state index in [1.54, 1.807) is 15.0 Å². The van der Waals surface area contributed by atoms with Crippen LogP contribution < -0.4 is 50.6 Å². The maximum Gasteiger partial charge on any atom is 0.330 e. The van der Waals surface area contributed by atoms with Crippen molar-refractivity contribution in [1.82, 2.24) is 44.9 Å². The smallest absolute Gasteiger partial charge is 0.330 e. The van der Waals surface area contributed by atoms with Gasteiger partial charge >= 0.3 is 17.1 Å². The van der Waals surface area contributed by atoms with Crippen LogP contribution in [0.3, 0.4) is 0 Å². The summed E-state index contributed by atoms with van der Waals surface area (Å²) >= 11 is 0. The second-order valence-corrected chi connectivity index (χ2v) is 8.50. The highest BCUT2D eigenvalue weighted by Crippen LogP contribution is 2.11. The highest BCUT2D eigenvalue weighted by molar-refractivity contribution is 5.37. The van der Waals surface area contributed by atoms with Gasteiger partial charge in [-0.3, -0.25) is 15.0 Å². The number of hydrogen-bond acceptors (Lipinski definition) is 15. The maximum atomic E-state index is 10.2. The van der Waals surface area contributed by atoms with E-state index in [1.807, 2.05) is 0 Å². The van der Waals surface area contributed by atoms with Gasteiger partial charge in [0.05, 0.1) is 0 Å². The SMILES string of the molecule is Nc1nc(N)nc(NCCCCCCCCCCCCNc2nc(N)nc(N)n2)n1.O=c1[nH]c(=O)[nH]c(=O)[nH]1. The molecule has 3 heterocycles. The van der Waals surface area contributed by atoms with Gasteiger partial charge in [0.1, 0.15) is 0 Å². The average molecular weight is 548 g/mol. The zero-order chi connectivity index (χ0) is 28.5. The predicted octanol–water partition coefficient (Wildman–Crippen LogP) is -0.438. The molecule has 3 aromatic heterocycles. The Bertz CT molecular complexity index is 1120. The Morgan fingerprint density at radius 3 is 0.974 bits per heavy atom. The Hall–Kier alpha value is -4.77. The second kappa shape index (κ2) is 16.9. The van der Waals surface area contributed by atoms with Crippen LogP contribution in [-0.4, -0.2) is 57.9 Å². The van der Waals surface area contributed by atoms with Crippen LogP contribution >= 0.6 is 0 Å². The number of H-pyrrole nitrogens is 3. The number of nitrogens with one attached hydrogen (secondary N) is 5. The van der Waals surface area contributed by atoms with Crippen LogP contribution in [0, 0.1) is 0 Å². The van der Waals surface area contributed by atoms with Crippen molar-refractivity contribution in [2.75, 3.05) is 46.7 Å². The van der Waals surface area contributed by atoms with Gasteiger partial charge in [0.2, 0.25) is 35.7 Å². The van der Waals surface area contributed by atoms with Crippen LogP contribution in [0.2, 0.25) is 0 Å². The van der Waals surface area contributed by atoms with Crippen molar-refractivity contribution in [2.45, 2.75) is 64.2 Å². The number of nitrogens with two attached hydrogens (primary N) is 4. The van der Waals surface area contributed by atoms with Gasteiger partial charge in [-0.25, -0.2) is 14.4 Å². The van der Waals surface area contributed by atoms with E-state index < -0.39 is 17.1 Å². The number of aromatic amines is 3. The van der Waals surface area contributed by atoms with Crippen LogP contribution in [0.15, 0.2) is 14.4 Å². The van der Waals surface area contributed by atoms with Crippen LogP contribution in [0.25, 0.3) is 0 Å². The molecule has 0 aromatic carbocycles. The first-order valence-corrected chi connectivity index (χ1v) is 12.7. The Morgan fingerprint density at radius 2 is 0.692 bits per heavy atom. The number of rotatable bonds is 15. The molecule has 13 N–H and O–H groups in total. The fraction of sp³-hybridized carbons (Fsp3) is 0.571. The predicted molar refractivity (Wildman–Crippen MR) is 149 cm³/mol. The van der Waals surface area contributed by atoms with Crippen molar-refractivity contribution in [3.63, 3.8) is 0 Å². The highest BCUT2D eigenvalue weighted by atomic mass is 16.2. The van der Waals surface area contributed by atoms with Crippen molar-refractivity contribution in [1.29, 1.82) is 0 Å². The first-order chi connectivity index (χ1) is 18.7. The molecule has 3 rings (SSSR count). The molecule has 214 valence electrons. The Morgan fingerprint density at radius 1 is 0.436 bits per heavy atom. The number of nitrogens with zero attached hydrogens (tertiary/aromatic N) is 6. The van der Waals surface area contributed by atoms with Crippen LogP contribution in [0.4, 0.5) is 35.7 Å². The zero-order valence-corrected chi connectivity index (χ0v) is 21.7. The van der Waals surface area contributed by atoms with E-state index in [0.717, 1.165) is 25.9 Å². The van der Waals surface area contributed by atoms with E-state index >= 15 is 0 Å². The lowest BCUT2D eigenvalue weighted by Crippen LogP contribution is -2.34. The molecule has 0 bridgehead atoms. The first-order valence-electron chi connectivity index (χ1n) is 12.7. The number of aromatic nitrogens is 9. The monoisotopic (exact) mass is 547 g/mol. The number of unbranched alkanes of at least 4 members (excludes halogenated alkanes) is 9. The number of nitrogen functional groups attached to an aromatic ring is 4.